The largest absolute Gasteiger partial charge is 0.482 e. The fraction of sp³-hybridized carbons (Fsp3) is 0.182. The first-order valence-corrected chi connectivity index (χ1v) is 10.9. The van der Waals surface area contributed by atoms with E-state index in [1.807, 2.05) is 41.1 Å². The summed E-state index contributed by atoms with van der Waals surface area (Å²) in [5, 5.41) is 8.23. The zero-order chi connectivity index (χ0) is 20.1. The van der Waals surface area contributed by atoms with Crippen LogP contribution in [0.25, 0.3) is 22.6 Å². The molecule has 0 saturated carbocycles. The Morgan fingerprint density at radius 3 is 2.59 bits per heavy atom. The van der Waals surface area contributed by atoms with E-state index in [0.29, 0.717) is 18.1 Å². The molecule has 0 fully saturated rings. The fourth-order valence-electron chi connectivity index (χ4n) is 2.90. The first-order valence-electron chi connectivity index (χ1n) is 9.06. The Bertz CT molecular complexity index is 1020. The van der Waals surface area contributed by atoms with Crippen molar-refractivity contribution >= 4 is 28.6 Å². The van der Waals surface area contributed by atoms with Crippen molar-refractivity contribution in [1.29, 1.82) is 0 Å². The first-order chi connectivity index (χ1) is 14.2. The smallest absolute Gasteiger partial charge is 0.343 e. The topological polar surface area (TPSA) is 61.6 Å². The molecule has 7 heteroatoms. The minimum absolute atomic E-state index is 0.103. The quantitative estimate of drug-likeness (QED) is 0.350. The summed E-state index contributed by atoms with van der Waals surface area (Å²) in [4.78, 5) is 16.0. The molecule has 0 radical (unpaired) electrons. The minimum atomic E-state index is -0.405. The molecule has 4 rings (SSSR count). The van der Waals surface area contributed by atoms with Gasteiger partial charge in [0.05, 0.1) is 7.11 Å². The molecule has 0 aliphatic carbocycles. The summed E-state index contributed by atoms with van der Waals surface area (Å²) in [5.41, 5.74) is 4.09. The minimum Gasteiger partial charge on any atom is -0.482 e. The van der Waals surface area contributed by atoms with Crippen LogP contribution in [0.3, 0.4) is 0 Å². The van der Waals surface area contributed by atoms with Crippen molar-refractivity contribution in [3.05, 3.63) is 69.4 Å². The molecule has 148 valence electrons. The Morgan fingerprint density at radius 1 is 1.07 bits per heavy atom. The summed E-state index contributed by atoms with van der Waals surface area (Å²) in [6.45, 7) is -0.103. The number of rotatable bonds is 8. The second kappa shape index (κ2) is 9.07. The van der Waals surface area contributed by atoms with E-state index in [1.54, 1.807) is 22.7 Å². The molecular weight excluding hydrogens is 406 g/mol. The molecule has 0 aliphatic heterocycles. The van der Waals surface area contributed by atoms with Gasteiger partial charge < -0.3 is 13.9 Å². The van der Waals surface area contributed by atoms with Gasteiger partial charge in [-0.1, -0.05) is 12.1 Å². The molecule has 4 aromatic rings. The van der Waals surface area contributed by atoms with E-state index in [-0.39, 0.29) is 6.61 Å². The Labute approximate surface area is 176 Å². The van der Waals surface area contributed by atoms with Crippen LogP contribution in [0.2, 0.25) is 0 Å². The number of hydrogen-bond acceptors (Lipinski definition) is 7. The molecule has 0 bridgehead atoms. The first kappa shape index (κ1) is 19.4. The van der Waals surface area contributed by atoms with Crippen molar-refractivity contribution in [2.24, 2.45) is 0 Å². The van der Waals surface area contributed by atoms with Crippen molar-refractivity contribution in [3.63, 3.8) is 0 Å². The van der Waals surface area contributed by atoms with Gasteiger partial charge in [0, 0.05) is 28.3 Å². The van der Waals surface area contributed by atoms with Crippen LogP contribution >= 0.6 is 22.7 Å². The van der Waals surface area contributed by atoms with Gasteiger partial charge in [0.25, 0.3) is 0 Å². The van der Waals surface area contributed by atoms with E-state index in [4.69, 9.17) is 14.1 Å². The van der Waals surface area contributed by atoms with Crippen molar-refractivity contribution in [2.45, 2.75) is 12.8 Å². The molecule has 0 saturated heterocycles. The Balaban J connectivity index is 1.49. The Hall–Kier alpha value is -2.90. The molecule has 0 unspecified atom stereocenters. The third kappa shape index (κ3) is 4.75. The number of ether oxygens (including phenoxy) is 2. The number of carbonyl (C=O) groups excluding carboxylic acids is 1. The van der Waals surface area contributed by atoms with E-state index < -0.39 is 5.97 Å². The number of aromatic nitrogens is 1. The number of methoxy groups -OCH3 is 1. The lowest BCUT2D eigenvalue weighted by molar-refractivity contribution is -0.142. The Morgan fingerprint density at radius 2 is 1.86 bits per heavy atom. The molecule has 1 aromatic carbocycles. The van der Waals surface area contributed by atoms with Crippen molar-refractivity contribution in [1.82, 2.24) is 4.98 Å². The number of aryl methyl sites for hydroxylation is 2. The van der Waals surface area contributed by atoms with E-state index >= 15 is 0 Å². The number of hydrogen-bond donors (Lipinski definition) is 0. The van der Waals surface area contributed by atoms with Gasteiger partial charge in [-0.25, -0.2) is 9.78 Å². The third-order valence-corrected chi connectivity index (χ3v) is 5.73. The number of nitrogens with zero attached hydrogens (tertiary/aromatic N) is 1. The predicted octanol–water partition coefficient (Wildman–Crippen LogP) is 5.47. The summed E-state index contributed by atoms with van der Waals surface area (Å²) in [5.74, 6) is 1.75. The lowest BCUT2D eigenvalue weighted by Gasteiger charge is -2.06. The summed E-state index contributed by atoms with van der Waals surface area (Å²) < 4.78 is 16.2. The zero-order valence-electron chi connectivity index (χ0n) is 15.8. The van der Waals surface area contributed by atoms with Crippen LogP contribution in [-0.4, -0.2) is 24.7 Å². The van der Waals surface area contributed by atoms with Crippen molar-refractivity contribution in [2.75, 3.05) is 13.7 Å². The molecule has 0 spiro atoms. The molecule has 3 heterocycles. The predicted molar refractivity (Wildman–Crippen MR) is 114 cm³/mol. The van der Waals surface area contributed by atoms with Crippen LogP contribution in [0.5, 0.6) is 5.75 Å². The van der Waals surface area contributed by atoms with E-state index in [0.717, 1.165) is 34.6 Å². The van der Waals surface area contributed by atoms with Crippen LogP contribution in [-0.2, 0) is 22.4 Å². The number of thiophene rings is 2. The van der Waals surface area contributed by atoms with Gasteiger partial charge in [0.2, 0.25) is 0 Å². The molecule has 0 aliphatic rings. The van der Waals surface area contributed by atoms with Gasteiger partial charge in [-0.15, -0.1) is 0 Å². The van der Waals surface area contributed by atoms with Gasteiger partial charge in [0.1, 0.15) is 11.4 Å². The second-order valence-corrected chi connectivity index (χ2v) is 7.88. The molecular formula is C22H19NO4S2. The van der Waals surface area contributed by atoms with Crippen LogP contribution in [0.1, 0.15) is 11.5 Å². The number of carbonyl (C=O) groups is 1. The SMILES string of the molecule is COC(=O)COc1cccc(CCc2nc(-c3ccsc3)c(-c3ccsc3)o2)c1. The third-order valence-electron chi connectivity index (χ3n) is 4.36. The van der Waals surface area contributed by atoms with Gasteiger partial charge in [-0.05, 0) is 47.0 Å². The lowest BCUT2D eigenvalue weighted by atomic mass is 10.1. The summed E-state index contributed by atoms with van der Waals surface area (Å²) in [7, 11) is 1.34. The zero-order valence-corrected chi connectivity index (χ0v) is 17.4. The van der Waals surface area contributed by atoms with Crippen molar-refractivity contribution in [3.8, 4) is 28.3 Å². The van der Waals surface area contributed by atoms with Gasteiger partial charge in [-0.3, -0.25) is 0 Å². The highest BCUT2D eigenvalue weighted by Crippen LogP contribution is 2.35. The fourth-order valence-corrected chi connectivity index (χ4v) is 4.18. The highest BCUT2D eigenvalue weighted by Gasteiger charge is 2.17. The Kier molecular flexibility index (Phi) is 6.07. The van der Waals surface area contributed by atoms with E-state index in [9.17, 15) is 4.79 Å². The highest BCUT2D eigenvalue weighted by molar-refractivity contribution is 7.08. The standard InChI is InChI=1S/C22H19NO4S2/c1-25-20(24)12-26-18-4-2-3-15(11-18)5-6-19-23-21(16-7-9-28-13-16)22(27-19)17-8-10-29-14-17/h2-4,7-11,13-14H,5-6,12H2,1H3. The highest BCUT2D eigenvalue weighted by atomic mass is 32.1. The molecule has 5 nitrogen and oxygen atoms in total. The average molecular weight is 426 g/mol. The average Bonchev–Trinajstić information content (AvgIpc) is 3.51. The maximum absolute atomic E-state index is 11.2. The lowest BCUT2D eigenvalue weighted by Crippen LogP contribution is -2.12. The second-order valence-electron chi connectivity index (χ2n) is 6.32. The van der Waals surface area contributed by atoms with Gasteiger partial charge in [0.15, 0.2) is 18.3 Å². The summed E-state index contributed by atoms with van der Waals surface area (Å²) >= 11 is 3.28. The molecule has 0 amide bonds. The van der Waals surface area contributed by atoms with Crippen LogP contribution in [0.15, 0.2) is 62.3 Å². The monoisotopic (exact) mass is 425 g/mol. The maximum Gasteiger partial charge on any atom is 0.343 e. The van der Waals surface area contributed by atoms with E-state index in [1.165, 1.54) is 7.11 Å². The van der Waals surface area contributed by atoms with Gasteiger partial charge in [-0.2, -0.15) is 22.7 Å². The normalized spacial score (nSPS) is 10.8. The van der Waals surface area contributed by atoms with Crippen LogP contribution in [0, 0.1) is 0 Å². The van der Waals surface area contributed by atoms with Gasteiger partial charge >= 0.3 is 5.97 Å². The molecule has 0 atom stereocenters. The summed E-state index contributed by atoms with van der Waals surface area (Å²) in [6.07, 6.45) is 1.42. The van der Waals surface area contributed by atoms with Crippen molar-refractivity contribution < 1.29 is 18.7 Å². The van der Waals surface area contributed by atoms with Crippen LogP contribution < -0.4 is 4.74 Å². The maximum atomic E-state index is 11.2. The molecule has 0 N–H and O–H groups in total. The molecule has 3 aromatic heterocycles. The molecule has 29 heavy (non-hydrogen) atoms. The summed E-state index contributed by atoms with van der Waals surface area (Å²) in [6, 6.07) is 11.8. The number of oxazole rings is 1. The van der Waals surface area contributed by atoms with E-state index in [2.05, 4.69) is 21.6 Å². The number of esters is 1. The number of benzene rings is 1. The van der Waals surface area contributed by atoms with Crippen LogP contribution in [0.4, 0.5) is 0 Å².